The zero-order valence-electron chi connectivity index (χ0n) is 10.4. The number of aromatic hydroxyl groups is 1. The normalized spacial score (nSPS) is 25.9. The smallest absolute Gasteiger partial charge is 0.258 e. The predicted octanol–water partition coefficient (Wildman–Crippen LogP) is 0.138. The van der Waals surface area contributed by atoms with E-state index in [1.807, 2.05) is 0 Å². The number of likely N-dealkylation sites (tertiary alicyclic amines) is 1. The number of carbonyl (C=O) groups excluding carboxylic acids is 2. The maximum absolute atomic E-state index is 12.5. The van der Waals surface area contributed by atoms with Gasteiger partial charge in [0.15, 0.2) is 0 Å². The molecule has 2 saturated heterocycles. The lowest BCUT2D eigenvalue weighted by molar-refractivity contribution is -0.123. The summed E-state index contributed by atoms with van der Waals surface area (Å²) in [5.41, 5.74) is 0.245. The van der Waals surface area contributed by atoms with E-state index in [1.165, 1.54) is 18.5 Å². The Labute approximate surface area is 110 Å². The Morgan fingerprint density at radius 2 is 2.37 bits per heavy atom. The molecule has 2 amide bonds. The van der Waals surface area contributed by atoms with Gasteiger partial charge < -0.3 is 15.3 Å². The van der Waals surface area contributed by atoms with Gasteiger partial charge in [-0.2, -0.15) is 0 Å². The molecule has 6 heteroatoms. The van der Waals surface area contributed by atoms with Crippen LogP contribution in [0.25, 0.3) is 0 Å². The number of aromatic nitrogens is 1. The maximum atomic E-state index is 12.5. The SMILES string of the molecule is O=C1NCC2C1CCCN2C(=O)c1ccncc1O. The fourth-order valence-electron chi connectivity index (χ4n) is 2.93. The Hall–Kier alpha value is -2.11. The fourth-order valence-corrected chi connectivity index (χ4v) is 2.93. The first-order chi connectivity index (χ1) is 9.18. The van der Waals surface area contributed by atoms with E-state index in [0.717, 1.165) is 12.8 Å². The highest BCUT2D eigenvalue weighted by molar-refractivity contribution is 5.97. The summed E-state index contributed by atoms with van der Waals surface area (Å²) in [7, 11) is 0. The fraction of sp³-hybridized carbons (Fsp3) is 0.462. The van der Waals surface area contributed by atoms with Crippen LogP contribution in [-0.2, 0) is 4.79 Å². The summed E-state index contributed by atoms with van der Waals surface area (Å²) >= 11 is 0. The lowest BCUT2D eigenvalue weighted by Gasteiger charge is -2.36. The average Bonchev–Trinajstić information content (AvgIpc) is 2.80. The van der Waals surface area contributed by atoms with Gasteiger partial charge >= 0.3 is 0 Å². The molecule has 6 nitrogen and oxygen atoms in total. The van der Waals surface area contributed by atoms with Crippen molar-refractivity contribution < 1.29 is 14.7 Å². The molecule has 2 fully saturated rings. The van der Waals surface area contributed by atoms with E-state index < -0.39 is 0 Å². The molecule has 1 aromatic heterocycles. The van der Waals surface area contributed by atoms with E-state index in [9.17, 15) is 14.7 Å². The van der Waals surface area contributed by atoms with Gasteiger partial charge in [0.25, 0.3) is 5.91 Å². The van der Waals surface area contributed by atoms with Crippen LogP contribution in [0.5, 0.6) is 5.75 Å². The molecule has 0 aliphatic carbocycles. The zero-order valence-corrected chi connectivity index (χ0v) is 10.4. The number of piperidine rings is 1. The third-order valence-corrected chi connectivity index (χ3v) is 3.89. The van der Waals surface area contributed by atoms with Gasteiger partial charge in [0.05, 0.1) is 23.7 Å². The number of amides is 2. The van der Waals surface area contributed by atoms with Gasteiger partial charge in [0.2, 0.25) is 5.91 Å². The van der Waals surface area contributed by atoms with Gasteiger partial charge in [-0.25, -0.2) is 0 Å². The van der Waals surface area contributed by atoms with Gasteiger partial charge in [-0.15, -0.1) is 0 Å². The lowest BCUT2D eigenvalue weighted by atomic mass is 9.91. The van der Waals surface area contributed by atoms with E-state index in [-0.39, 0.29) is 35.1 Å². The summed E-state index contributed by atoms with van der Waals surface area (Å²) in [4.78, 5) is 29.6. The van der Waals surface area contributed by atoms with Crippen LogP contribution < -0.4 is 5.32 Å². The number of rotatable bonds is 1. The Morgan fingerprint density at radius 1 is 1.53 bits per heavy atom. The monoisotopic (exact) mass is 261 g/mol. The van der Waals surface area contributed by atoms with Crippen molar-refractivity contribution in [3.05, 3.63) is 24.0 Å². The van der Waals surface area contributed by atoms with E-state index in [1.54, 1.807) is 4.90 Å². The minimum Gasteiger partial charge on any atom is -0.505 e. The molecule has 0 aromatic carbocycles. The average molecular weight is 261 g/mol. The number of pyridine rings is 1. The summed E-state index contributed by atoms with van der Waals surface area (Å²) in [6.07, 6.45) is 4.37. The van der Waals surface area contributed by atoms with Crippen LogP contribution in [0.4, 0.5) is 0 Å². The highest BCUT2D eigenvalue weighted by Crippen LogP contribution is 2.29. The zero-order chi connectivity index (χ0) is 13.4. The minimum atomic E-state index is -0.230. The number of hydrogen-bond donors (Lipinski definition) is 2. The van der Waals surface area contributed by atoms with E-state index in [2.05, 4.69) is 10.3 Å². The van der Waals surface area contributed by atoms with Crippen molar-refractivity contribution in [3.8, 4) is 5.75 Å². The number of carbonyl (C=O) groups is 2. The molecule has 1 aromatic rings. The number of nitrogens with one attached hydrogen (secondary N) is 1. The first kappa shape index (κ1) is 12.0. The Balaban J connectivity index is 1.87. The van der Waals surface area contributed by atoms with Crippen LogP contribution in [-0.4, -0.2) is 45.9 Å². The number of nitrogens with zero attached hydrogens (tertiary/aromatic N) is 2. The van der Waals surface area contributed by atoms with Crippen LogP contribution in [0.2, 0.25) is 0 Å². The second kappa shape index (κ2) is 4.53. The number of fused-ring (bicyclic) bond motifs is 1. The topological polar surface area (TPSA) is 82.5 Å². The molecule has 2 unspecified atom stereocenters. The van der Waals surface area contributed by atoms with Crippen molar-refractivity contribution in [2.75, 3.05) is 13.1 Å². The molecular formula is C13H15N3O3. The van der Waals surface area contributed by atoms with Crippen molar-refractivity contribution in [2.24, 2.45) is 5.92 Å². The largest absolute Gasteiger partial charge is 0.505 e. The van der Waals surface area contributed by atoms with Crippen LogP contribution in [0.3, 0.4) is 0 Å². The molecule has 0 bridgehead atoms. The second-order valence-electron chi connectivity index (χ2n) is 4.95. The van der Waals surface area contributed by atoms with E-state index in [0.29, 0.717) is 13.1 Å². The predicted molar refractivity (Wildman–Crippen MR) is 66.5 cm³/mol. The van der Waals surface area contributed by atoms with Crippen LogP contribution in [0.15, 0.2) is 18.5 Å². The molecule has 0 saturated carbocycles. The maximum Gasteiger partial charge on any atom is 0.258 e. The highest BCUT2D eigenvalue weighted by atomic mass is 16.3. The van der Waals surface area contributed by atoms with Gasteiger partial charge in [-0.3, -0.25) is 14.6 Å². The van der Waals surface area contributed by atoms with Crippen LogP contribution in [0, 0.1) is 5.92 Å². The highest BCUT2D eigenvalue weighted by Gasteiger charge is 2.43. The molecule has 19 heavy (non-hydrogen) atoms. The first-order valence-corrected chi connectivity index (χ1v) is 6.40. The Bertz CT molecular complexity index is 532. The van der Waals surface area contributed by atoms with Crippen molar-refractivity contribution in [2.45, 2.75) is 18.9 Å². The van der Waals surface area contributed by atoms with Gasteiger partial charge in [0, 0.05) is 19.3 Å². The van der Waals surface area contributed by atoms with Crippen LogP contribution >= 0.6 is 0 Å². The van der Waals surface area contributed by atoms with Crippen molar-refractivity contribution >= 4 is 11.8 Å². The summed E-state index contributed by atoms with van der Waals surface area (Å²) in [5.74, 6) is -0.430. The minimum absolute atomic E-state index is 0.0291. The third-order valence-electron chi connectivity index (χ3n) is 3.89. The molecule has 2 aliphatic rings. The molecule has 0 radical (unpaired) electrons. The molecule has 100 valence electrons. The van der Waals surface area contributed by atoms with Gasteiger partial charge in [-0.05, 0) is 18.9 Å². The quantitative estimate of drug-likeness (QED) is 0.753. The molecule has 0 spiro atoms. The summed E-state index contributed by atoms with van der Waals surface area (Å²) in [5, 5.41) is 12.5. The van der Waals surface area contributed by atoms with Crippen molar-refractivity contribution in [1.29, 1.82) is 0 Å². The molecule has 2 N–H and O–H groups in total. The number of hydrogen-bond acceptors (Lipinski definition) is 4. The van der Waals surface area contributed by atoms with Crippen molar-refractivity contribution in [1.82, 2.24) is 15.2 Å². The van der Waals surface area contributed by atoms with Crippen molar-refractivity contribution in [3.63, 3.8) is 0 Å². The lowest BCUT2D eigenvalue weighted by Crippen LogP contribution is -2.48. The van der Waals surface area contributed by atoms with Gasteiger partial charge in [0.1, 0.15) is 5.75 Å². The molecule has 2 aliphatic heterocycles. The molecule has 2 atom stereocenters. The molecule has 3 rings (SSSR count). The van der Waals surface area contributed by atoms with Crippen LogP contribution in [0.1, 0.15) is 23.2 Å². The third kappa shape index (κ3) is 1.93. The molecular weight excluding hydrogens is 246 g/mol. The van der Waals surface area contributed by atoms with Gasteiger partial charge in [-0.1, -0.05) is 0 Å². The Morgan fingerprint density at radius 3 is 3.16 bits per heavy atom. The van der Waals surface area contributed by atoms with E-state index in [4.69, 9.17) is 0 Å². The summed E-state index contributed by atoms with van der Waals surface area (Å²) < 4.78 is 0. The Kier molecular flexibility index (Phi) is 2.85. The standard InChI is InChI=1S/C13H15N3O3/c17-11-7-14-4-3-9(11)13(19)16-5-1-2-8-10(16)6-15-12(8)18/h3-4,7-8,10,17H,1-2,5-6H2,(H,15,18). The van der Waals surface area contributed by atoms with E-state index >= 15 is 0 Å². The molecule has 3 heterocycles. The first-order valence-electron chi connectivity index (χ1n) is 6.40. The summed E-state index contributed by atoms with van der Waals surface area (Å²) in [6.45, 7) is 1.12. The summed E-state index contributed by atoms with van der Waals surface area (Å²) in [6, 6.07) is 1.41. The second-order valence-corrected chi connectivity index (χ2v) is 4.95.